The fraction of sp³-hybridized carbons (Fsp3) is 0.571. The highest BCUT2D eigenvalue weighted by Gasteiger charge is 2.31. The van der Waals surface area contributed by atoms with E-state index in [0.717, 1.165) is 25.7 Å². The molecule has 1 unspecified atom stereocenters. The van der Waals surface area contributed by atoms with Gasteiger partial charge in [-0.15, -0.1) is 0 Å². The molecule has 2 rings (SSSR count). The molecule has 1 N–H and O–H groups in total. The van der Waals surface area contributed by atoms with E-state index >= 15 is 0 Å². The molecule has 0 saturated carbocycles. The van der Waals surface area contributed by atoms with E-state index in [9.17, 15) is 13.2 Å². The summed E-state index contributed by atoms with van der Waals surface area (Å²) in [5.41, 5.74) is 0.121. The minimum absolute atomic E-state index is 0.0552. The van der Waals surface area contributed by atoms with Crippen LogP contribution in [-0.2, 0) is 6.18 Å². The molecule has 0 radical (unpaired) electrons. The van der Waals surface area contributed by atoms with Crippen molar-refractivity contribution in [2.75, 3.05) is 26.7 Å². The van der Waals surface area contributed by atoms with Crippen LogP contribution in [0, 0.1) is 0 Å². The first kappa shape index (κ1) is 14.3. The molecule has 1 atom stereocenters. The van der Waals surface area contributed by atoms with Gasteiger partial charge in [-0.1, -0.05) is 12.1 Å². The molecule has 1 aromatic rings. The van der Waals surface area contributed by atoms with E-state index < -0.39 is 11.7 Å². The Morgan fingerprint density at radius 3 is 2.53 bits per heavy atom. The molecule has 0 aliphatic carbocycles. The maximum Gasteiger partial charge on any atom is 0.416 e. The molecule has 1 saturated heterocycles. The number of nitrogens with zero attached hydrogens (tertiary/aromatic N) is 1. The SMILES string of the molecule is CNC(CN1CCCC1)c1cccc(C(F)(F)F)c1. The molecule has 0 bridgehead atoms. The van der Waals surface area contributed by atoms with Crippen molar-refractivity contribution >= 4 is 0 Å². The van der Waals surface area contributed by atoms with E-state index in [1.807, 2.05) is 0 Å². The Bertz CT molecular complexity index is 411. The van der Waals surface area contributed by atoms with Crippen molar-refractivity contribution in [3.8, 4) is 0 Å². The molecule has 5 heteroatoms. The topological polar surface area (TPSA) is 15.3 Å². The second-order valence-corrected chi connectivity index (χ2v) is 4.97. The van der Waals surface area contributed by atoms with Gasteiger partial charge in [-0.2, -0.15) is 13.2 Å². The number of likely N-dealkylation sites (tertiary alicyclic amines) is 1. The zero-order valence-corrected chi connectivity index (χ0v) is 11.0. The summed E-state index contributed by atoms with van der Waals surface area (Å²) in [7, 11) is 1.79. The molecule has 1 aliphatic heterocycles. The van der Waals surface area contributed by atoms with Gasteiger partial charge in [-0.05, 0) is 50.7 Å². The Hall–Kier alpha value is -1.07. The first-order valence-corrected chi connectivity index (χ1v) is 6.57. The number of nitrogens with one attached hydrogen (secondary N) is 1. The van der Waals surface area contributed by atoms with Gasteiger partial charge in [-0.25, -0.2) is 0 Å². The van der Waals surface area contributed by atoms with Crippen molar-refractivity contribution < 1.29 is 13.2 Å². The van der Waals surface area contributed by atoms with Crippen molar-refractivity contribution in [2.24, 2.45) is 0 Å². The number of rotatable bonds is 4. The van der Waals surface area contributed by atoms with Crippen LogP contribution in [0.15, 0.2) is 24.3 Å². The largest absolute Gasteiger partial charge is 0.416 e. The molecule has 1 fully saturated rings. The highest BCUT2D eigenvalue weighted by atomic mass is 19.4. The van der Waals surface area contributed by atoms with E-state index in [1.54, 1.807) is 13.1 Å². The summed E-state index contributed by atoms with van der Waals surface area (Å²) in [6, 6.07) is 5.54. The fourth-order valence-electron chi connectivity index (χ4n) is 2.52. The average Bonchev–Trinajstić information content (AvgIpc) is 2.88. The molecule has 1 heterocycles. The number of hydrogen-bond acceptors (Lipinski definition) is 2. The van der Waals surface area contributed by atoms with Crippen LogP contribution in [0.2, 0.25) is 0 Å². The second kappa shape index (κ2) is 5.92. The number of likely N-dealkylation sites (N-methyl/N-ethyl adjacent to an activating group) is 1. The smallest absolute Gasteiger partial charge is 0.312 e. The van der Waals surface area contributed by atoms with E-state index in [4.69, 9.17) is 0 Å². The Kier molecular flexibility index (Phi) is 4.47. The molecule has 106 valence electrons. The van der Waals surface area contributed by atoms with Crippen LogP contribution in [0.5, 0.6) is 0 Å². The van der Waals surface area contributed by atoms with E-state index in [2.05, 4.69) is 10.2 Å². The minimum atomic E-state index is -4.28. The van der Waals surface area contributed by atoms with E-state index in [-0.39, 0.29) is 6.04 Å². The Balaban J connectivity index is 2.13. The van der Waals surface area contributed by atoms with Gasteiger partial charge in [0.05, 0.1) is 5.56 Å². The second-order valence-electron chi connectivity index (χ2n) is 4.97. The number of alkyl halides is 3. The summed E-state index contributed by atoms with van der Waals surface area (Å²) >= 11 is 0. The van der Waals surface area contributed by atoms with Gasteiger partial charge in [0.2, 0.25) is 0 Å². The molecule has 1 aromatic carbocycles. The van der Waals surface area contributed by atoms with Gasteiger partial charge in [0.15, 0.2) is 0 Å². The lowest BCUT2D eigenvalue weighted by atomic mass is 10.0. The predicted octanol–water partition coefficient (Wildman–Crippen LogP) is 3.06. The van der Waals surface area contributed by atoms with Gasteiger partial charge >= 0.3 is 6.18 Å². The standard InChI is InChI=1S/C14H19F3N2/c1-18-13(10-19-7-2-3-8-19)11-5-4-6-12(9-11)14(15,16)17/h4-6,9,13,18H,2-3,7-8,10H2,1H3. The third-order valence-corrected chi connectivity index (χ3v) is 3.60. The summed E-state index contributed by atoms with van der Waals surface area (Å²) in [6.45, 7) is 2.84. The lowest BCUT2D eigenvalue weighted by Gasteiger charge is -2.24. The third-order valence-electron chi connectivity index (χ3n) is 3.60. The predicted molar refractivity (Wildman–Crippen MR) is 68.9 cm³/mol. The van der Waals surface area contributed by atoms with E-state index in [1.165, 1.54) is 25.0 Å². The van der Waals surface area contributed by atoms with Gasteiger partial charge in [-0.3, -0.25) is 0 Å². The number of hydrogen-bond donors (Lipinski definition) is 1. The fourth-order valence-corrected chi connectivity index (χ4v) is 2.52. The van der Waals surface area contributed by atoms with Crippen LogP contribution in [0.25, 0.3) is 0 Å². The lowest BCUT2D eigenvalue weighted by Crippen LogP contribution is -2.32. The molecule has 0 amide bonds. The maximum atomic E-state index is 12.7. The molecule has 0 spiro atoms. The van der Waals surface area contributed by atoms with Crippen LogP contribution < -0.4 is 5.32 Å². The zero-order chi connectivity index (χ0) is 13.9. The summed E-state index contributed by atoms with van der Waals surface area (Å²) < 4.78 is 38.1. The summed E-state index contributed by atoms with van der Waals surface area (Å²) in [6.07, 6.45) is -1.92. The minimum Gasteiger partial charge on any atom is -0.312 e. The van der Waals surface area contributed by atoms with Gasteiger partial charge in [0, 0.05) is 12.6 Å². The molecule has 1 aliphatic rings. The van der Waals surface area contributed by atoms with Gasteiger partial charge in [0.25, 0.3) is 0 Å². The van der Waals surface area contributed by atoms with Crippen LogP contribution in [0.4, 0.5) is 13.2 Å². The number of benzene rings is 1. The van der Waals surface area contributed by atoms with Crippen LogP contribution in [0.1, 0.15) is 30.0 Å². The van der Waals surface area contributed by atoms with Gasteiger partial charge < -0.3 is 10.2 Å². The Morgan fingerprint density at radius 1 is 1.26 bits per heavy atom. The summed E-state index contributed by atoms with van der Waals surface area (Å²) in [4.78, 5) is 2.29. The van der Waals surface area contributed by atoms with E-state index in [0.29, 0.717) is 5.56 Å². The van der Waals surface area contributed by atoms with Crippen molar-refractivity contribution in [3.63, 3.8) is 0 Å². The Labute approximate surface area is 111 Å². The molecule has 2 nitrogen and oxygen atoms in total. The first-order valence-electron chi connectivity index (χ1n) is 6.57. The quantitative estimate of drug-likeness (QED) is 0.906. The van der Waals surface area contributed by atoms with Crippen LogP contribution in [-0.4, -0.2) is 31.6 Å². The van der Waals surface area contributed by atoms with Crippen molar-refractivity contribution in [2.45, 2.75) is 25.1 Å². The summed E-state index contributed by atoms with van der Waals surface area (Å²) in [5.74, 6) is 0. The molecule has 19 heavy (non-hydrogen) atoms. The van der Waals surface area contributed by atoms with Crippen LogP contribution in [0.3, 0.4) is 0 Å². The van der Waals surface area contributed by atoms with Crippen molar-refractivity contribution in [3.05, 3.63) is 35.4 Å². The molecular formula is C14H19F3N2. The maximum absolute atomic E-state index is 12.7. The normalized spacial score (nSPS) is 18.7. The highest BCUT2D eigenvalue weighted by Crippen LogP contribution is 2.31. The highest BCUT2D eigenvalue weighted by molar-refractivity contribution is 5.28. The monoisotopic (exact) mass is 272 g/mol. The van der Waals surface area contributed by atoms with Crippen molar-refractivity contribution in [1.29, 1.82) is 0 Å². The Morgan fingerprint density at radius 2 is 1.95 bits per heavy atom. The molecular weight excluding hydrogens is 253 g/mol. The zero-order valence-electron chi connectivity index (χ0n) is 11.0. The van der Waals surface area contributed by atoms with Crippen molar-refractivity contribution in [1.82, 2.24) is 10.2 Å². The van der Waals surface area contributed by atoms with Gasteiger partial charge in [0.1, 0.15) is 0 Å². The third kappa shape index (κ3) is 3.70. The first-order chi connectivity index (χ1) is 9.00. The lowest BCUT2D eigenvalue weighted by molar-refractivity contribution is -0.137. The summed E-state index contributed by atoms with van der Waals surface area (Å²) in [5, 5.41) is 3.11. The average molecular weight is 272 g/mol. The number of halogens is 3. The van der Waals surface area contributed by atoms with Crippen LogP contribution >= 0.6 is 0 Å². The molecule has 0 aromatic heterocycles.